The summed E-state index contributed by atoms with van der Waals surface area (Å²) in [5.41, 5.74) is 6.21. The molecule has 0 bridgehead atoms. The highest BCUT2D eigenvalue weighted by Crippen LogP contribution is 2.27. The van der Waals surface area contributed by atoms with Crippen molar-refractivity contribution in [2.24, 2.45) is 0 Å². The average molecular weight is 292 g/mol. The van der Waals surface area contributed by atoms with Crippen LogP contribution >= 0.6 is 0 Å². The molecule has 0 aromatic heterocycles. The maximum atomic E-state index is 12.2. The number of esters is 1. The van der Waals surface area contributed by atoms with Crippen molar-refractivity contribution in [2.45, 2.75) is 25.8 Å². The summed E-state index contributed by atoms with van der Waals surface area (Å²) in [7, 11) is 0. The maximum absolute atomic E-state index is 12.2. The molecule has 1 fully saturated rings. The molecule has 1 aliphatic rings. The van der Waals surface area contributed by atoms with Gasteiger partial charge < -0.3 is 20.1 Å². The Labute approximate surface area is 123 Å². The first kappa shape index (κ1) is 15.2. The van der Waals surface area contributed by atoms with E-state index in [-0.39, 0.29) is 31.1 Å². The number of rotatable bonds is 7. The molecule has 1 aromatic carbocycles. The minimum absolute atomic E-state index is 0.0115. The predicted molar refractivity (Wildman–Crippen MR) is 77.7 cm³/mol. The van der Waals surface area contributed by atoms with Crippen molar-refractivity contribution in [3.63, 3.8) is 0 Å². The Morgan fingerprint density at radius 2 is 1.95 bits per heavy atom. The molecule has 2 N–H and O–H groups in total. The monoisotopic (exact) mass is 292 g/mol. The van der Waals surface area contributed by atoms with E-state index >= 15 is 0 Å². The third-order valence-corrected chi connectivity index (χ3v) is 3.16. The number of nitrogens with zero attached hydrogens (tertiary/aromatic N) is 1. The molecule has 0 unspecified atom stereocenters. The van der Waals surface area contributed by atoms with E-state index in [2.05, 4.69) is 0 Å². The average Bonchev–Trinajstić information content (AvgIpc) is 3.29. The van der Waals surface area contributed by atoms with E-state index in [0.29, 0.717) is 18.0 Å². The second-order valence-electron chi connectivity index (χ2n) is 4.92. The fourth-order valence-electron chi connectivity index (χ4n) is 1.94. The highest BCUT2D eigenvalue weighted by Gasteiger charge is 2.34. The van der Waals surface area contributed by atoms with Gasteiger partial charge in [0.25, 0.3) is 5.91 Å². The van der Waals surface area contributed by atoms with Gasteiger partial charge in [0.05, 0.1) is 6.61 Å². The first-order valence-electron chi connectivity index (χ1n) is 7.03. The van der Waals surface area contributed by atoms with E-state index in [1.807, 2.05) is 0 Å². The molecule has 2 rings (SSSR count). The lowest BCUT2D eigenvalue weighted by Gasteiger charge is -2.21. The van der Waals surface area contributed by atoms with Gasteiger partial charge in [-0.05, 0) is 44.0 Å². The van der Waals surface area contributed by atoms with Gasteiger partial charge >= 0.3 is 5.97 Å². The first-order chi connectivity index (χ1) is 10.1. The fraction of sp³-hybridized carbons (Fsp3) is 0.467. The number of benzene rings is 1. The van der Waals surface area contributed by atoms with Gasteiger partial charge in [-0.2, -0.15) is 0 Å². The molecular formula is C15H20N2O4. The summed E-state index contributed by atoms with van der Waals surface area (Å²) in [6.45, 7) is 1.95. The number of ether oxygens (including phenoxy) is 2. The zero-order chi connectivity index (χ0) is 15.2. The van der Waals surface area contributed by atoms with Crippen LogP contribution in [-0.2, 0) is 14.3 Å². The van der Waals surface area contributed by atoms with E-state index in [1.54, 1.807) is 31.2 Å². The molecule has 21 heavy (non-hydrogen) atoms. The molecule has 1 aliphatic carbocycles. The van der Waals surface area contributed by atoms with Crippen LogP contribution in [0.5, 0.6) is 5.75 Å². The summed E-state index contributed by atoms with van der Waals surface area (Å²) >= 11 is 0. The van der Waals surface area contributed by atoms with Gasteiger partial charge in [-0.1, -0.05) is 0 Å². The van der Waals surface area contributed by atoms with Crippen molar-refractivity contribution in [3.8, 4) is 5.75 Å². The highest BCUT2D eigenvalue weighted by atomic mass is 16.5. The van der Waals surface area contributed by atoms with Crippen molar-refractivity contribution in [3.05, 3.63) is 24.3 Å². The fourth-order valence-corrected chi connectivity index (χ4v) is 1.94. The minimum atomic E-state index is -0.384. The summed E-state index contributed by atoms with van der Waals surface area (Å²) in [5, 5.41) is 0. The second kappa shape index (κ2) is 6.97. The zero-order valence-electron chi connectivity index (χ0n) is 12.1. The van der Waals surface area contributed by atoms with Gasteiger partial charge in [-0.3, -0.25) is 9.59 Å². The van der Waals surface area contributed by atoms with E-state index in [4.69, 9.17) is 15.2 Å². The predicted octanol–water partition coefficient (Wildman–Crippen LogP) is 1.20. The van der Waals surface area contributed by atoms with E-state index in [9.17, 15) is 9.59 Å². The van der Waals surface area contributed by atoms with Crippen LogP contribution in [0.2, 0.25) is 0 Å². The third-order valence-electron chi connectivity index (χ3n) is 3.16. The number of nitrogens with two attached hydrogens (primary N) is 1. The number of nitrogen functional groups attached to an aromatic ring is 1. The Hall–Kier alpha value is -2.24. The van der Waals surface area contributed by atoms with Crippen molar-refractivity contribution >= 4 is 17.6 Å². The Balaban J connectivity index is 1.86. The lowest BCUT2D eigenvalue weighted by molar-refractivity contribution is -0.150. The van der Waals surface area contributed by atoms with Gasteiger partial charge in [0, 0.05) is 11.7 Å². The lowest BCUT2D eigenvalue weighted by atomic mass is 10.3. The molecule has 0 aliphatic heterocycles. The second-order valence-corrected chi connectivity index (χ2v) is 4.92. The summed E-state index contributed by atoms with van der Waals surface area (Å²) < 4.78 is 10.3. The topological polar surface area (TPSA) is 81.9 Å². The van der Waals surface area contributed by atoms with Crippen LogP contribution < -0.4 is 10.5 Å². The Morgan fingerprint density at radius 1 is 1.29 bits per heavy atom. The molecule has 0 heterocycles. The quantitative estimate of drug-likeness (QED) is 0.603. The normalized spacial score (nSPS) is 13.6. The minimum Gasteiger partial charge on any atom is -0.484 e. The van der Waals surface area contributed by atoms with Crippen LogP contribution in [0, 0.1) is 0 Å². The molecule has 114 valence electrons. The molecule has 6 heteroatoms. The maximum Gasteiger partial charge on any atom is 0.325 e. The van der Waals surface area contributed by atoms with Gasteiger partial charge in [0.2, 0.25) is 0 Å². The smallest absolute Gasteiger partial charge is 0.325 e. The number of amides is 1. The molecular weight excluding hydrogens is 272 g/mol. The summed E-state index contributed by atoms with van der Waals surface area (Å²) in [6, 6.07) is 6.95. The number of anilines is 1. The van der Waals surface area contributed by atoms with Crippen molar-refractivity contribution in [1.29, 1.82) is 0 Å². The zero-order valence-corrected chi connectivity index (χ0v) is 12.1. The summed E-state index contributed by atoms with van der Waals surface area (Å²) in [4.78, 5) is 25.2. The molecule has 1 amide bonds. The Kier molecular flexibility index (Phi) is 5.03. The van der Waals surface area contributed by atoms with Crippen LogP contribution in [-0.4, -0.2) is 42.6 Å². The lowest BCUT2D eigenvalue weighted by Crippen LogP contribution is -2.40. The molecule has 0 radical (unpaired) electrons. The molecule has 0 saturated heterocycles. The highest BCUT2D eigenvalue weighted by molar-refractivity contribution is 5.83. The number of carbonyl (C=O) groups is 2. The van der Waals surface area contributed by atoms with Gasteiger partial charge in [0.1, 0.15) is 12.3 Å². The van der Waals surface area contributed by atoms with Crippen LogP contribution in [0.1, 0.15) is 19.8 Å². The van der Waals surface area contributed by atoms with E-state index < -0.39 is 0 Å². The number of carbonyl (C=O) groups excluding carboxylic acids is 2. The Bertz CT molecular complexity index is 497. The van der Waals surface area contributed by atoms with Crippen molar-refractivity contribution in [1.82, 2.24) is 4.90 Å². The molecule has 6 nitrogen and oxygen atoms in total. The van der Waals surface area contributed by atoms with Crippen molar-refractivity contribution in [2.75, 3.05) is 25.5 Å². The Morgan fingerprint density at radius 3 is 2.52 bits per heavy atom. The van der Waals surface area contributed by atoms with E-state index in [1.165, 1.54) is 4.90 Å². The number of hydrogen-bond donors (Lipinski definition) is 1. The molecule has 1 aromatic rings. The summed E-state index contributed by atoms with van der Waals surface area (Å²) in [6.07, 6.45) is 1.85. The standard InChI is InChI=1S/C15H20N2O4/c1-2-20-15(19)9-17(12-5-6-12)14(18)10-21-13-7-3-11(16)4-8-13/h3-4,7-8,12H,2,5-6,9-10,16H2,1H3. The largest absolute Gasteiger partial charge is 0.484 e. The SMILES string of the molecule is CCOC(=O)CN(C(=O)COc1ccc(N)cc1)C1CC1. The third kappa shape index (κ3) is 4.66. The first-order valence-corrected chi connectivity index (χ1v) is 7.03. The van der Waals surface area contributed by atoms with Gasteiger partial charge in [-0.15, -0.1) is 0 Å². The van der Waals surface area contributed by atoms with Crippen LogP contribution in [0.25, 0.3) is 0 Å². The van der Waals surface area contributed by atoms with E-state index in [0.717, 1.165) is 12.8 Å². The van der Waals surface area contributed by atoms with Crippen molar-refractivity contribution < 1.29 is 19.1 Å². The van der Waals surface area contributed by atoms with Gasteiger partial charge in [0.15, 0.2) is 6.61 Å². The molecule has 0 spiro atoms. The number of hydrogen-bond acceptors (Lipinski definition) is 5. The van der Waals surface area contributed by atoms with Crippen LogP contribution in [0.15, 0.2) is 24.3 Å². The van der Waals surface area contributed by atoms with Gasteiger partial charge in [-0.25, -0.2) is 0 Å². The molecule has 1 saturated carbocycles. The molecule has 0 atom stereocenters. The van der Waals surface area contributed by atoms with Crippen LogP contribution in [0.4, 0.5) is 5.69 Å². The van der Waals surface area contributed by atoms with Crippen LogP contribution in [0.3, 0.4) is 0 Å². The summed E-state index contributed by atoms with van der Waals surface area (Å²) in [5.74, 6) is -0.0166.